The van der Waals surface area contributed by atoms with E-state index in [1.807, 2.05) is 33.0 Å². The molecule has 3 atom stereocenters. The van der Waals surface area contributed by atoms with E-state index >= 15 is 0 Å². The minimum atomic E-state index is -0.164. The third-order valence-corrected chi connectivity index (χ3v) is 5.03. The summed E-state index contributed by atoms with van der Waals surface area (Å²) in [6.07, 6.45) is 0. The first-order valence-electron chi connectivity index (χ1n) is 7.20. The van der Waals surface area contributed by atoms with Crippen LogP contribution in [0.25, 0.3) is 0 Å². The molecule has 0 aliphatic rings. The Morgan fingerprint density at radius 3 is 2.33 bits per heavy atom. The fraction of sp³-hybridized carbons (Fsp3) is 0.412. The third-order valence-electron chi connectivity index (χ3n) is 3.96. The van der Waals surface area contributed by atoms with Gasteiger partial charge in [0, 0.05) is 27.4 Å². The van der Waals surface area contributed by atoms with Gasteiger partial charge in [0.15, 0.2) is 0 Å². The number of thiophene rings is 1. The first-order chi connectivity index (χ1) is 9.91. The van der Waals surface area contributed by atoms with Crippen LogP contribution >= 0.6 is 11.3 Å². The van der Waals surface area contributed by atoms with Gasteiger partial charge in [-0.05, 0) is 46.0 Å². The summed E-state index contributed by atoms with van der Waals surface area (Å²) < 4.78 is 14.0. The van der Waals surface area contributed by atoms with Crippen LogP contribution in [0.1, 0.15) is 41.2 Å². The van der Waals surface area contributed by atoms with E-state index in [-0.39, 0.29) is 23.9 Å². The third kappa shape index (κ3) is 3.51. The van der Waals surface area contributed by atoms with Gasteiger partial charge >= 0.3 is 0 Å². The highest BCUT2D eigenvalue weighted by atomic mass is 32.1. The van der Waals surface area contributed by atoms with Crippen LogP contribution in [0.3, 0.4) is 0 Å². The number of hydrogen-bond acceptors (Lipinski definition) is 3. The van der Waals surface area contributed by atoms with Crippen molar-refractivity contribution in [2.24, 2.45) is 5.73 Å². The van der Waals surface area contributed by atoms with Crippen LogP contribution in [0.4, 0.5) is 4.39 Å². The monoisotopic (exact) mass is 306 g/mol. The normalized spacial score (nSPS) is 16.0. The fourth-order valence-electron chi connectivity index (χ4n) is 2.72. The molecular weight excluding hydrogens is 283 g/mol. The predicted molar refractivity (Wildman–Crippen MR) is 88.0 cm³/mol. The molecule has 0 saturated carbocycles. The SMILES string of the molecule is Cc1ccc(C(C(C)N)N(C)C(C)c2ccccc2F)s1. The van der Waals surface area contributed by atoms with Crippen molar-refractivity contribution in [3.8, 4) is 0 Å². The summed E-state index contributed by atoms with van der Waals surface area (Å²) in [6, 6.07) is 11.2. The Bertz CT molecular complexity index is 594. The van der Waals surface area contributed by atoms with Crippen LogP contribution in [0, 0.1) is 12.7 Å². The van der Waals surface area contributed by atoms with Gasteiger partial charge in [0.1, 0.15) is 5.82 Å². The van der Waals surface area contributed by atoms with Gasteiger partial charge in [0.25, 0.3) is 0 Å². The zero-order valence-corrected chi connectivity index (χ0v) is 13.8. The van der Waals surface area contributed by atoms with Crippen molar-refractivity contribution >= 4 is 11.3 Å². The Morgan fingerprint density at radius 2 is 1.81 bits per heavy atom. The van der Waals surface area contributed by atoms with Gasteiger partial charge in [-0.15, -0.1) is 11.3 Å². The summed E-state index contributed by atoms with van der Waals surface area (Å²) in [4.78, 5) is 4.66. The van der Waals surface area contributed by atoms with Crippen molar-refractivity contribution in [1.82, 2.24) is 4.90 Å². The van der Waals surface area contributed by atoms with Crippen LogP contribution in [0.2, 0.25) is 0 Å². The van der Waals surface area contributed by atoms with Gasteiger partial charge in [0.05, 0.1) is 6.04 Å². The molecule has 4 heteroatoms. The summed E-state index contributed by atoms with van der Waals surface area (Å²) in [6.45, 7) is 6.12. The number of halogens is 1. The quantitative estimate of drug-likeness (QED) is 0.893. The topological polar surface area (TPSA) is 29.3 Å². The zero-order valence-electron chi connectivity index (χ0n) is 13.0. The fourth-order valence-corrected chi connectivity index (χ4v) is 3.86. The van der Waals surface area contributed by atoms with Crippen molar-refractivity contribution < 1.29 is 4.39 Å². The molecule has 1 heterocycles. The van der Waals surface area contributed by atoms with E-state index in [2.05, 4.69) is 24.0 Å². The largest absolute Gasteiger partial charge is 0.326 e. The molecule has 0 saturated heterocycles. The van der Waals surface area contributed by atoms with Gasteiger partial charge in [0.2, 0.25) is 0 Å². The molecule has 2 rings (SSSR count). The average Bonchev–Trinajstić information content (AvgIpc) is 2.84. The van der Waals surface area contributed by atoms with Gasteiger partial charge in [-0.25, -0.2) is 4.39 Å². The van der Waals surface area contributed by atoms with Crippen molar-refractivity contribution in [3.63, 3.8) is 0 Å². The Morgan fingerprint density at radius 1 is 1.14 bits per heavy atom. The van der Waals surface area contributed by atoms with Crippen LogP contribution in [-0.2, 0) is 0 Å². The van der Waals surface area contributed by atoms with Crippen LogP contribution in [0.5, 0.6) is 0 Å². The molecule has 0 amide bonds. The Balaban J connectivity index is 2.31. The number of aryl methyl sites for hydroxylation is 1. The molecule has 114 valence electrons. The predicted octanol–water partition coefficient (Wildman–Crippen LogP) is 4.28. The molecule has 2 nitrogen and oxygen atoms in total. The molecule has 2 N–H and O–H groups in total. The Kier molecular flexibility index (Phi) is 5.14. The summed E-state index contributed by atoms with van der Waals surface area (Å²) in [7, 11) is 2.01. The highest BCUT2D eigenvalue weighted by Gasteiger charge is 2.27. The molecule has 1 aromatic carbocycles. The van der Waals surface area contributed by atoms with Gasteiger partial charge in [-0.2, -0.15) is 0 Å². The van der Waals surface area contributed by atoms with E-state index in [9.17, 15) is 4.39 Å². The van der Waals surface area contributed by atoms with Crippen molar-refractivity contribution in [2.75, 3.05) is 7.05 Å². The lowest BCUT2D eigenvalue weighted by Crippen LogP contribution is -2.38. The number of benzene rings is 1. The highest BCUT2D eigenvalue weighted by molar-refractivity contribution is 7.12. The molecule has 3 unspecified atom stereocenters. The molecule has 0 radical (unpaired) electrons. The van der Waals surface area contributed by atoms with E-state index in [1.165, 1.54) is 15.8 Å². The van der Waals surface area contributed by atoms with Crippen LogP contribution < -0.4 is 5.73 Å². The number of nitrogens with two attached hydrogens (primary N) is 1. The molecule has 2 aromatic rings. The number of nitrogens with zero attached hydrogens (tertiary/aromatic N) is 1. The lowest BCUT2D eigenvalue weighted by molar-refractivity contribution is 0.165. The minimum Gasteiger partial charge on any atom is -0.326 e. The van der Waals surface area contributed by atoms with E-state index in [4.69, 9.17) is 5.73 Å². The smallest absolute Gasteiger partial charge is 0.127 e. The first kappa shape index (κ1) is 16.1. The summed E-state index contributed by atoms with van der Waals surface area (Å²) in [5.41, 5.74) is 6.91. The number of rotatable bonds is 5. The van der Waals surface area contributed by atoms with Gasteiger partial charge < -0.3 is 5.73 Å². The Labute approximate surface area is 130 Å². The summed E-state index contributed by atoms with van der Waals surface area (Å²) in [5, 5.41) is 0. The molecule has 0 aliphatic heterocycles. The first-order valence-corrected chi connectivity index (χ1v) is 8.01. The summed E-state index contributed by atoms with van der Waals surface area (Å²) >= 11 is 1.75. The zero-order chi connectivity index (χ0) is 15.6. The standard InChI is InChI=1S/C17H23FN2S/c1-11-9-10-16(21-11)17(12(2)19)20(4)13(3)14-7-5-6-8-15(14)18/h5-10,12-13,17H,19H2,1-4H3. The second-order valence-electron chi connectivity index (χ2n) is 5.62. The lowest BCUT2D eigenvalue weighted by atomic mass is 10.0. The van der Waals surface area contributed by atoms with Crippen molar-refractivity contribution in [2.45, 2.75) is 38.9 Å². The summed E-state index contributed by atoms with van der Waals surface area (Å²) in [5.74, 6) is -0.164. The van der Waals surface area contributed by atoms with Crippen molar-refractivity contribution in [3.05, 3.63) is 57.5 Å². The highest BCUT2D eigenvalue weighted by Crippen LogP contribution is 2.34. The minimum absolute atomic E-state index is 0.0257. The van der Waals surface area contributed by atoms with E-state index in [0.717, 1.165) is 0 Å². The lowest BCUT2D eigenvalue weighted by Gasteiger charge is -2.35. The van der Waals surface area contributed by atoms with Gasteiger partial charge in [-0.3, -0.25) is 4.90 Å². The average molecular weight is 306 g/mol. The van der Waals surface area contributed by atoms with E-state index in [1.54, 1.807) is 17.4 Å². The number of hydrogen-bond donors (Lipinski definition) is 1. The van der Waals surface area contributed by atoms with Gasteiger partial charge in [-0.1, -0.05) is 18.2 Å². The second kappa shape index (κ2) is 6.69. The van der Waals surface area contributed by atoms with E-state index in [0.29, 0.717) is 5.56 Å². The maximum absolute atomic E-state index is 14.0. The maximum Gasteiger partial charge on any atom is 0.127 e. The molecule has 0 aliphatic carbocycles. The van der Waals surface area contributed by atoms with Crippen molar-refractivity contribution in [1.29, 1.82) is 0 Å². The Hall–Kier alpha value is -1.23. The molecule has 1 aromatic heterocycles. The number of likely N-dealkylation sites (N-methyl/N-ethyl adjacent to an activating group) is 1. The molecular formula is C17H23FN2S. The maximum atomic E-state index is 14.0. The second-order valence-corrected chi connectivity index (χ2v) is 6.93. The van der Waals surface area contributed by atoms with Crippen LogP contribution in [0.15, 0.2) is 36.4 Å². The molecule has 0 spiro atoms. The van der Waals surface area contributed by atoms with E-state index < -0.39 is 0 Å². The molecule has 0 fully saturated rings. The molecule has 21 heavy (non-hydrogen) atoms. The molecule has 0 bridgehead atoms. The van der Waals surface area contributed by atoms with Crippen LogP contribution in [-0.4, -0.2) is 18.0 Å².